The second-order valence-corrected chi connectivity index (χ2v) is 5.59. The zero-order valence-electron chi connectivity index (χ0n) is 12.6. The van der Waals surface area contributed by atoms with Gasteiger partial charge in [-0.15, -0.1) is 0 Å². The number of ether oxygens (including phenoxy) is 1. The standard InChI is InChI=1S/C18H22ClNO/c1-3-16(21-17-9-6-7-14(2)11-17)13-20-12-15-8-4-5-10-18(15)19/h4-11,16,20H,3,12-13H2,1-2H3. The molecule has 0 fully saturated rings. The minimum Gasteiger partial charge on any atom is -0.489 e. The molecule has 2 aromatic carbocycles. The maximum absolute atomic E-state index is 6.15. The first-order chi connectivity index (χ1) is 10.2. The Kier molecular flexibility index (Phi) is 6.09. The van der Waals surface area contributed by atoms with Crippen molar-refractivity contribution >= 4 is 11.6 Å². The molecule has 2 nitrogen and oxygen atoms in total. The van der Waals surface area contributed by atoms with Crippen LogP contribution in [0.2, 0.25) is 5.02 Å². The van der Waals surface area contributed by atoms with Crippen molar-refractivity contribution in [1.29, 1.82) is 0 Å². The van der Waals surface area contributed by atoms with Crippen molar-refractivity contribution in [2.75, 3.05) is 6.54 Å². The largest absolute Gasteiger partial charge is 0.489 e. The summed E-state index contributed by atoms with van der Waals surface area (Å²) in [7, 11) is 0. The van der Waals surface area contributed by atoms with Gasteiger partial charge in [-0.3, -0.25) is 0 Å². The van der Waals surface area contributed by atoms with Crippen LogP contribution in [0.4, 0.5) is 0 Å². The van der Waals surface area contributed by atoms with Crippen LogP contribution in [0.3, 0.4) is 0 Å². The summed E-state index contributed by atoms with van der Waals surface area (Å²) in [6.45, 7) is 5.77. The summed E-state index contributed by atoms with van der Waals surface area (Å²) in [5.41, 5.74) is 2.33. The number of rotatable bonds is 7. The first-order valence-electron chi connectivity index (χ1n) is 7.36. The van der Waals surface area contributed by atoms with Gasteiger partial charge in [-0.25, -0.2) is 0 Å². The van der Waals surface area contributed by atoms with Crippen LogP contribution in [0.25, 0.3) is 0 Å². The average molecular weight is 304 g/mol. The highest BCUT2D eigenvalue weighted by Gasteiger charge is 2.08. The highest BCUT2D eigenvalue weighted by atomic mass is 35.5. The fraction of sp³-hybridized carbons (Fsp3) is 0.333. The van der Waals surface area contributed by atoms with E-state index in [0.717, 1.165) is 35.8 Å². The highest BCUT2D eigenvalue weighted by Crippen LogP contribution is 2.16. The number of halogens is 1. The predicted octanol–water partition coefficient (Wildman–Crippen LogP) is 4.60. The van der Waals surface area contributed by atoms with Crippen LogP contribution in [0.1, 0.15) is 24.5 Å². The number of aryl methyl sites for hydroxylation is 1. The van der Waals surface area contributed by atoms with Gasteiger partial charge in [0.2, 0.25) is 0 Å². The van der Waals surface area contributed by atoms with Gasteiger partial charge in [-0.05, 0) is 42.7 Å². The van der Waals surface area contributed by atoms with E-state index >= 15 is 0 Å². The summed E-state index contributed by atoms with van der Waals surface area (Å²) in [5.74, 6) is 0.932. The molecular formula is C18H22ClNO. The first kappa shape index (κ1) is 15.9. The van der Waals surface area contributed by atoms with Gasteiger partial charge in [0.05, 0.1) is 0 Å². The molecule has 2 aromatic rings. The molecule has 0 aliphatic heterocycles. The summed E-state index contributed by atoms with van der Waals surface area (Å²) in [5, 5.41) is 4.22. The van der Waals surface area contributed by atoms with E-state index < -0.39 is 0 Å². The third kappa shape index (κ3) is 5.07. The van der Waals surface area contributed by atoms with Crippen LogP contribution in [-0.4, -0.2) is 12.6 Å². The third-order valence-corrected chi connectivity index (χ3v) is 3.76. The molecule has 21 heavy (non-hydrogen) atoms. The van der Waals surface area contributed by atoms with E-state index in [9.17, 15) is 0 Å². The van der Waals surface area contributed by atoms with Crippen LogP contribution >= 0.6 is 11.6 Å². The molecule has 1 atom stereocenters. The lowest BCUT2D eigenvalue weighted by Gasteiger charge is -2.18. The quantitative estimate of drug-likeness (QED) is 0.807. The summed E-state index contributed by atoms with van der Waals surface area (Å²) >= 11 is 6.15. The molecule has 0 saturated heterocycles. The zero-order chi connectivity index (χ0) is 15.1. The molecule has 112 valence electrons. The summed E-state index contributed by atoms with van der Waals surface area (Å²) in [6.07, 6.45) is 1.12. The van der Waals surface area contributed by atoms with Crippen molar-refractivity contribution in [3.8, 4) is 5.75 Å². The Balaban J connectivity index is 1.84. The normalized spacial score (nSPS) is 12.1. The van der Waals surface area contributed by atoms with Crippen molar-refractivity contribution in [2.45, 2.75) is 32.9 Å². The molecular weight excluding hydrogens is 282 g/mol. The fourth-order valence-corrected chi connectivity index (χ4v) is 2.36. The van der Waals surface area contributed by atoms with Crippen molar-refractivity contribution in [1.82, 2.24) is 5.32 Å². The number of hydrogen-bond donors (Lipinski definition) is 1. The van der Waals surface area contributed by atoms with Crippen LogP contribution in [0, 0.1) is 6.92 Å². The van der Waals surface area contributed by atoms with Gasteiger partial charge in [0.1, 0.15) is 11.9 Å². The lowest BCUT2D eigenvalue weighted by atomic mass is 10.2. The molecule has 0 aliphatic rings. The van der Waals surface area contributed by atoms with Crippen LogP contribution < -0.4 is 10.1 Å². The van der Waals surface area contributed by atoms with Gasteiger partial charge in [0.15, 0.2) is 0 Å². The summed E-state index contributed by atoms with van der Waals surface area (Å²) in [4.78, 5) is 0. The highest BCUT2D eigenvalue weighted by molar-refractivity contribution is 6.31. The smallest absolute Gasteiger partial charge is 0.120 e. The minimum atomic E-state index is 0.161. The van der Waals surface area contributed by atoms with Gasteiger partial charge in [0, 0.05) is 18.1 Å². The van der Waals surface area contributed by atoms with Crippen LogP contribution in [-0.2, 0) is 6.54 Å². The Bertz CT molecular complexity index is 571. The minimum absolute atomic E-state index is 0.161. The monoisotopic (exact) mass is 303 g/mol. The van der Waals surface area contributed by atoms with Crippen molar-refractivity contribution < 1.29 is 4.74 Å². The Hall–Kier alpha value is -1.51. The van der Waals surface area contributed by atoms with Crippen molar-refractivity contribution in [2.24, 2.45) is 0 Å². The summed E-state index contributed by atoms with van der Waals surface area (Å²) in [6, 6.07) is 16.1. The van der Waals surface area contributed by atoms with E-state index in [1.54, 1.807) is 0 Å². The predicted molar refractivity (Wildman–Crippen MR) is 89.0 cm³/mol. The molecule has 0 radical (unpaired) electrons. The zero-order valence-corrected chi connectivity index (χ0v) is 13.4. The number of hydrogen-bond acceptors (Lipinski definition) is 2. The maximum atomic E-state index is 6.15. The topological polar surface area (TPSA) is 21.3 Å². The Labute approximate surface area is 132 Å². The van der Waals surface area contributed by atoms with Gasteiger partial charge in [0.25, 0.3) is 0 Å². The maximum Gasteiger partial charge on any atom is 0.120 e. The molecule has 0 saturated carbocycles. The number of nitrogens with one attached hydrogen (secondary N) is 1. The molecule has 1 N–H and O–H groups in total. The molecule has 2 rings (SSSR count). The van der Waals surface area contributed by atoms with Gasteiger partial charge in [-0.2, -0.15) is 0 Å². The third-order valence-electron chi connectivity index (χ3n) is 3.39. The molecule has 0 aromatic heterocycles. The van der Waals surface area contributed by atoms with Crippen molar-refractivity contribution in [3.05, 3.63) is 64.7 Å². The molecule has 0 bridgehead atoms. The molecule has 1 unspecified atom stereocenters. The number of benzene rings is 2. The molecule has 0 heterocycles. The van der Waals surface area contributed by atoms with E-state index in [4.69, 9.17) is 16.3 Å². The van der Waals surface area contributed by atoms with E-state index in [2.05, 4.69) is 31.3 Å². The molecule has 0 amide bonds. The van der Waals surface area contributed by atoms with E-state index in [-0.39, 0.29) is 6.10 Å². The Morgan fingerprint density at radius 2 is 1.95 bits per heavy atom. The second kappa shape index (κ2) is 8.06. The van der Waals surface area contributed by atoms with Gasteiger partial charge >= 0.3 is 0 Å². The lowest BCUT2D eigenvalue weighted by molar-refractivity contribution is 0.193. The van der Waals surface area contributed by atoms with Crippen LogP contribution in [0.15, 0.2) is 48.5 Å². The fourth-order valence-electron chi connectivity index (χ4n) is 2.16. The van der Waals surface area contributed by atoms with E-state index in [0.29, 0.717) is 0 Å². The lowest BCUT2D eigenvalue weighted by Crippen LogP contribution is -2.30. The first-order valence-corrected chi connectivity index (χ1v) is 7.74. The van der Waals surface area contributed by atoms with E-state index in [1.165, 1.54) is 5.56 Å². The molecule has 3 heteroatoms. The van der Waals surface area contributed by atoms with Crippen LogP contribution in [0.5, 0.6) is 5.75 Å². The average Bonchev–Trinajstić information content (AvgIpc) is 2.48. The Morgan fingerprint density at radius 3 is 2.67 bits per heavy atom. The van der Waals surface area contributed by atoms with E-state index in [1.807, 2.05) is 36.4 Å². The summed E-state index contributed by atoms with van der Waals surface area (Å²) < 4.78 is 6.02. The van der Waals surface area contributed by atoms with Gasteiger partial charge in [-0.1, -0.05) is 48.9 Å². The van der Waals surface area contributed by atoms with Gasteiger partial charge < -0.3 is 10.1 Å². The molecule has 0 spiro atoms. The van der Waals surface area contributed by atoms with Crippen molar-refractivity contribution in [3.63, 3.8) is 0 Å². The Morgan fingerprint density at radius 1 is 1.14 bits per heavy atom. The second-order valence-electron chi connectivity index (χ2n) is 5.19. The molecule has 0 aliphatic carbocycles. The SMILES string of the molecule is CCC(CNCc1ccccc1Cl)Oc1cccc(C)c1.